The van der Waals surface area contributed by atoms with E-state index in [1.807, 2.05) is 17.0 Å². The van der Waals surface area contributed by atoms with Crippen molar-refractivity contribution in [3.8, 4) is 0 Å². The molecule has 30 heavy (non-hydrogen) atoms. The molecule has 2 aromatic rings. The van der Waals surface area contributed by atoms with Crippen molar-refractivity contribution in [1.29, 1.82) is 0 Å². The third kappa shape index (κ3) is 3.74. The van der Waals surface area contributed by atoms with Gasteiger partial charge in [0.25, 0.3) is 0 Å². The van der Waals surface area contributed by atoms with Gasteiger partial charge in [0.1, 0.15) is 0 Å². The highest BCUT2D eigenvalue weighted by Gasteiger charge is 2.48. The molecule has 0 saturated carbocycles. The lowest BCUT2D eigenvalue weighted by atomic mass is 9.70. The topological polar surface area (TPSA) is 80.8 Å². The molecule has 158 valence electrons. The van der Waals surface area contributed by atoms with E-state index in [9.17, 15) is 18.0 Å². The molecular weight excluding hydrogens is 402 g/mol. The molecule has 0 bridgehead atoms. The number of hydrogen-bond donors (Lipinski definition) is 0. The van der Waals surface area contributed by atoms with Gasteiger partial charge in [0.15, 0.2) is 9.84 Å². The van der Waals surface area contributed by atoms with E-state index in [-0.39, 0.29) is 22.2 Å². The number of carbonyl (C=O) groups excluding carboxylic acids is 2. The zero-order valence-corrected chi connectivity index (χ0v) is 18.0. The van der Waals surface area contributed by atoms with E-state index in [1.165, 1.54) is 13.4 Å². The highest BCUT2D eigenvalue weighted by Crippen LogP contribution is 2.44. The van der Waals surface area contributed by atoms with Crippen LogP contribution in [-0.4, -0.2) is 45.1 Å². The Balaban J connectivity index is 1.49. The Morgan fingerprint density at radius 2 is 1.83 bits per heavy atom. The van der Waals surface area contributed by atoms with Crippen LogP contribution in [0.4, 0.5) is 0 Å². The number of amides is 1. The number of sulfone groups is 1. The highest BCUT2D eigenvalue weighted by molar-refractivity contribution is 7.90. The maximum atomic E-state index is 13.3. The first-order valence-electron chi connectivity index (χ1n) is 10.0. The predicted octanol–water partition coefficient (Wildman–Crippen LogP) is 2.78. The van der Waals surface area contributed by atoms with E-state index in [1.54, 1.807) is 30.3 Å². The average molecular weight is 428 g/mol. The molecule has 7 heteroatoms. The van der Waals surface area contributed by atoms with Crippen LogP contribution in [0.25, 0.3) is 0 Å². The Labute approximate surface area is 176 Å². The minimum Gasteiger partial charge on any atom is -0.465 e. The van der Waals surface area contributed by atoms with E-state index in [0.29, 0.717) is 25.1 Å². The van der Waals surface area contributed by atoms with Crippen molar-refractivity contribution in [3.63, 3.8) is 0 Å². The largest absolute Gasteiger partial charge is 0.465 e. The van der Waals surface area contributed by atoms with Crippen LogP contribution in [0.5, 0.6) is 0 Å². The first-order chi connectivity index (χ1) is 14.2. The van der Waals surface area contributed by atoms with Crippen molar-refractivity contribution in [2.75, 3.05) is 19.9 Å². The normalized spacial score (nSPS) is 21.0. The van der Waals surface area contributed by atoms with Gasteiger partial charge in [-0.1, -0.05) is 18.2 Å². The van der Waals surface area contributed by atoms with E-state index < -0.39 is 9.84 Å². The molecule has 1 aliphatic heterocycles. The van der Waals surface area contributed by atoms with Gasteiger partial charge in [-0.3, -0.25) is 4.79 Å². The molecule has 0 aromatic heterocycles. The number of fused-ring (bicyclic) bond motifs is 1. The summed E-state index contributed by atoms with van der Waals surface area (Å²) in [5, 5.41) is 0. The second-order valence-corrected chi connectivity index (χ2v) is 10.3. The average Bonchev–Trinajstić information content (AvgIpc) is 3.02. The molecule has 0 radical (unpaired) electrons. The third-order valence-electron chi connectivity index (χ3n) is 6.36. The molecular formula is C23H25NO5S. The number of benzene rings is 2. The van der Waals surface area contributed by atoms with Gasteiger partial charge in [-0.25, -0.2) is 13.2 Å². The Kier molecular flexibility index (Phi) is 5.18. The fourth-order valence-corrected chi connectivity index (χ4v) is 5.24. The van der Waals surface area contributed by atoms with Gasteiger partial charge in [-0.2, -0.15) is 0 Å². The van der Waals surface area contributed by atoms with Crippen LogP contribution >= 0.6 is 0 Å². The van der Waals surface area contributed by atoms with Crippen LogP contribution in [-0.2, 0) is 38.8 Å². The molecule has 4 rings (SSSR count). The zero-order valence-electron chi connectivity index (χ0n) is 17.2. The number of methoxy groups -OCH3 is 1. The van der Waals surface area contributed by atoms with Gasteiger partial charge in [-0.15, -0.1) is 0 Å². The van der Waals surface area contributed by atoms with Crippen molar-refractivity contribution in [2.24, 2.45) is 5.41 Å². The molecule has 1 amide bonds. The first kappa shape index (κ1) is 20.6. The summed E-state index contributed by atoms with van der Waals surface area (Å²) >= 11 is 0. The van der Waals surface area contributed by atoms with Crippen LogP contribution in [0.2, 0.25) is 0 Å². The van der Waals surface area contributed by atoms with Crippen molar-refractivity contribution in [2.45, 2.75) is 37.1 Å². The van der Waals surface area contributed by atoms with Gasteiger partial charge in [-0.05, 0) is 66.6 Å². The summed E-state index contributed by atoms with van der Waals surface area (Å²) in [7, 11) is -1.86. The molecule has 1 spiro atoms. The van der Waals surface area contributed by atoms with Gasteiger partial charge in [0.05, 0.1) is 23.0 Å². The van der Waals surface area contributed by atoms with Crippen LogP contribution in [0.15, 0.2) is 47.4 Å². The fraction of sp³-hybridized carbons (Fsp3) is 0.391. The van der Waals surface area contributed by atoms with E-state index in [2.05, 4.69) is 0 Å². The maximum absolute atomic E-state index is 13.3. The van der Waals surface area contributed by atoms with Gasteiger partial charge < -0.3 is 9.64 Å². The Morgan fingerprint density at radius 3 is 2.50 bits per heavy atom. The van der Waals surface area contributed by atoms with Gasteiger partial charge in [0.2, 0.25) is 5.91 Å². The van der Waals surface area contributed by atoms with Gasteiger partial charge >= 0.3 is 5.97 Å². The molecule has 1 heterocycles. The van der Waals surface area contributed by atoms with Crippen LogP contribution in [0, 0.1) is 5.41 Å². The molecule has 6 nitrogen and oxygen atoms in total. The minimum absolute atomic E-state index is 0.164. The summed E-state index contributed by atoms with van der Waals surface area (Å²) in [6, 6.07) is 12.3. The maximum Gasteiger partial charge on any atom is 0.337 e. The lowest BCUT2D eigenvalue weighted by Gasteiger charge is -2.33. The Hall–Kier alpha value is -2.67. The molecule has 1 saturated heterocycles. The highest BCUT2D eigenvalue weighted by atomic mass is 32.2. The number of carbonyl (C=O) groups is 2. The lowest BCUT2D eigenvalue weighted by molar-refractivity contribution is -0.137. The summed E-state index contributed by atoms with van der Waals surface area (Å²) in [5.74, 6) is -0.180. The first-order valence-corrected chi connectivity index (χ1v) is 11.9. The summed E-state index contributed by atoms with van der Waals surface area (Å²) in [6.45, 7) is 1.18. The zero-order chi connectivity index (χ0) is 21.5. The molecule has 1 fully saturated rings. The second-order valence-electron chi connectivity index (χ2n) is 8.33. The van der Waals surface area contributed by atoms with Crippen molar-refractivity contribution in [1.82, 2.24) is 4.90 Å². The number of nitrogens with zero attached hydrogens (tertiary/aromatic N) is 1. The summed E-state index contributed by atoms with van der Waals surface area (Å²) in [4.78, 5) is 27.2. The predicted molar refractivity (Wildman–Crippen MR) is 112 cm³/mol. The summed E-state index contributed by atoms with van der Waals surface area (Å²) in [6.07, 6.45) is 4.22. The smallest absolute Gasteiger partial charge is 0.337 e. The van der Waals surface area contributed by atoms with Crippen molar-refractivity contribution in [3.05, 3.63) is 64.7 Å². The number of esters is 1. The molecule has 0 N–H and O–H groups in total. The summed E-state index contributed by atoms with van der Waals surface area (Å²) in [5.41, 5.74) is 3.33. The molecule has 2 aromatic carbocycles. The second kappa shape index (κ2) is 7.54. The standard InChI is InChI=1S/C23H25NO5S/c1-29-21(25)18-5-6-19-14-23(10-9-17(19)13-18)11-12-24(22(23)26)15-16-3-7-20(8-4-16)30(2,27)28/h3-8,13H,9-12,14-15H2,1-2H3. The molecule has 1 unspecified atom stereocenters. The number of hydrogen-bond acceptors (Lipinski definition) is 5. The fourth-order valence-electron chi connectivity index (χ4n) is 4.60. The minimum atomic E-state index is -3.23. The molecule has 1 aliphatic carbocycles. The van der Waals surface area contributed by atoms with Crippen LogP contribution in [0.3, 0.4) is 0 Å². The number of likely N-dealkylation sites (tertiary alicyclic amines) is 1. The van der Waals surface area contributed by atoms with Crippen molar-refractivity contribution >= 4 is 21.7 Å². The quantitative estimate of drug-likeness (QED) is 0.701. The monoisotopic (exact) mass is 427 g/mol. The number of rotatable bonds is 4. The Bertz CT molecular complexity index is 1110. The van der Waals surface area contributed by atoms with Crippen molar-refractivity contribution < 1.29 is 22.7 Å². The SMILES string of the molecule is COC(=O)c1ccc2c(c1)CCC1(CCN(Cc3ccc(S(C)(=O)=O)cc3)C1=O)C2. The number of ether oxygens (including phenoxy) is 1. The van der Waals surface area contributed by atoms with E-state index >= 15 is 0 Å². The van der Waals surface area contributed by atoms with Gasteiger partial charge in [0, 0.05) is 19.3 Å². The lowest BCUT2D eigenvalue weighted by Crippen LogP contribution is -2.38. The number of aryl methyl sites for hydroxylation is 1. The summed E-state index contributed by atoms with van der Waals surface area (Å²) < 4.78 is 28.1. The van der Waals surface area contributed by atoms with E-state index in [4.69, 9.17) is 4.74 Å². The third-order valence-corrected chi connectivity index (χ3v) is 7.48. The molecule has 1 atom stereocenters. The molecule has 2 aliphatic rings. The van der Waals surface area contributed by atoms with Crippen LogP contribution in [0.1, 0.15) is 39.9 Å². The Morgan fingerprint density at radius 1 is 1.10 bits per heavy atom. The van der Waals surface area contributed by atoms with Crippen LogP contribution < -0.4 is 0 Å². The van der Waals surface area contributed by atoms with E-state index in [0.717, 1.165) is 36.0 Å².